The zero-order valence-corrected chi connectivity index (χ0v) is 14.5. The number of unbranched alkanes of at least 4 members (excludes halogenated alkanes) is 9. The second-order valence-electron chi connectivity index (χ2n) is 6.57. The molecule has 2 rings (SSSR count). The number of hydrogen-bond donors (Lipinski definition) is 1. The Morgan fingerprint density at radius 2 is 1.08 bits per heavy atom. The van der Waals surface area contributed by atoms with Gasteiger partial charge in [0, 0.05) is 13.2 Å². The smallest absolute Gasteiger partial charge is 0.261 e. The number of hydrogen-bond acceptors (Lipinski definition) is 3. The Morgan fingerprint density at radius 1 is 0.667 bits per heavy atom. The van der Waals surface area contributed by atoms with E-state index in [1.165, 1.54) is 43.4 Å². The van der Waals surface area contributed by atoms with E-state index in [0.717, 1.165) is 25.7 Å². The lowest BCUT2D eigenvalue weighted by Gasteiger charge is -2.13. The third-order valence-electron chi connectivity index (χ3n) is 4.67. The maximum Gasteiger partial charge on any atom is 0.261 e. The molecule has 0 aliphatic carbocycles. The molecular formula is C20H29NO3. The molecule has 1 N–H and O–H groups in total. The van der Waals surface area contributed by atoms with Crippen LogP contribution in [-0.4, -0.2) is 35.0 Å². The molecule has 0 bridgehead atoms. The Kier molecular flexibility index (Phi) is 7.96. The van der Waals surface area contributed by atoms with Crippen LogP contribution in [0.25, 0.3) is 0 Å². The number of nitrogens with zero attached hydrogens (tertiary/aromatic N) is 1. The molecule has 2 amide bonds. The topological polar surface area (TPSA) is 57.6 Å². The fourth-order valence-corrected chi connectivity index (χ4v) is 3.24. The number of aliphatic hydroxyl groups excluding tert-OH is 1. The zero-order valence-electron chi connectivity index (χ0n) is 14.5. The van der Waals surface area contributed by atoms with E-state index in [0.29, 0.717) is 24.3 Å². The monoisotopic (exact) mass is 331 g/mol. The molecule has 4 nitrogen and oxygen atoms in total. The summed E-state index contributed by atoms with van der Waals surface area (Å²) in [7, 11) is 0. The first kappa shape index (κ1) is 18.7. The van der Waals surface area contributed by atoms with E-state index in [-0.39, 0.29) is 11.8 Å². The van der Waals surface area contributed by atoms with Crippen LogP contribution in [0.15, 0.2) is 24.3 Å². The Balaban J connectivity index is 1.53. The number of amides is 2. The van der Waals surface area contributed by atoms with Gasteiger partial charge in [0.25, 0.3) is 11.8 Å². The third-order valence-corrected chi connectivity index (χ3v) is 4.67. The van der Waals surface area contributed by atoms with Gasteiger partial charge in [-0.1, -0.05) is 63.5 Å². The van der Waals surface area contributed by atoms with Crippen molar-refractivity contribution >= 4 is 11.8 Å². The van der Waals surface area contributed by atoms with E-state index < -0.39 is 0 Å². The Hall–Kier alpha value is -1.68. The van der Waals surface area contributed by atoms with Crippen molar-refractivity contribution in [1.82, 2.24) is 4.90 Å². The highest BCUT2D eigenvalue weighted by Crippen LogP contribution is 2.23. The van der Waals surface area contributed by atoms with Gasteiger partial charge < -0.3 is 5.11 Å². The minimum atomic E-state index is -0.140. The predicted molar refractivity (Wildman–Crippen MR) is 95.1 cm³/mol. The predicted octanol–water partition coefficient (Wildman–Crippen LogP) is 4.18. The van der Waals surface area contributed by atoms with Crippen molar-refractivity contribution in [3.05, 3.63) is 35.4 Å². The summed E-state index contributed by atoms with van der Waals surface area (Å²) in [6, 6.07) is 7.07. The number of benzene rings is 1. The van der Waals surface area contributed by atoms with E-state index in [1.54, 1.807) is 24.3 Å². The summed E-state index contributed by atoms with van der Waals surface area (Å²) in [6.07, 6.45) is 11.4. The van der Waals surface area contributed by atoms with E-state index in [2.05, 4.69) is 0 Å². The molecule has 24 heavy (non-hydrogen) atoms. The molecule has 0 spiro atoms. The summed E-state index contributed by atoms with van der Waals surface area (Å²) in [6.45, 7) is 0.848. The standard InChI is InChI=1S/C20H29NO3/c22-16-12-8-6-4-2-1-3-5-7-11-15-21-19(23)17-13-9-10-14-18(17)20(21)24/h9-10,13-14,22H,1-8,11-12,15-16H2. The highest BCUT2D eigenvalue weighted by molar-refractivity contribution is 6.21. The second kappa shape index (κ2) is 10.2. The van der Waals surface area contributed by atoms with Crippen molar-refractivity contribution in [2.45, 2.75) is 64.2 Å². The van der Waals surface area contributed by atoms with Gasteiger partial charge in [-0.25, -0.2) is 0 Å². The first-order valence-corrected chi connectivity index (χ1v) is 9.32. The summed E-state index contributed by atoms with van der Waals surface area (Å²) in [4.78, 5) is 25.8. The highest BCUT2D eigenvalue weighted by Gasteiger charge is 2.34. The average Bonchev–Trinajstić information content (AvgIpc) is 2.84. The maximum atomic E-state index is 12.2. The van der Waals surface area contributed by atoms with Gasteiger partial charge >= 0.3 is 0 Å². The quantitative estimate of drug-likeness (QED) is 0.462. The summed E-state index contributed by atoms with van der Waals surface area (Å²) in [5, 5.41) is 8.71. The van der Waals surface area contributed by atoms with Crippen LogP contribution in [0, 0.1) is 0 Å². The lowest BCUT2D eigenvalue weighted by atomic mass is 10.1. The molecule has 1 aliphatic heterocycles. The van der Waals surface area contributed by atoms with Gasteiger partial charge in [-0.3, -0.25) is 14.5 Å². The molecule has 0 saturated heterocycles. The second-order valence-corrected chi connectivity index (χ2v) is 6.57. The summed E-state index contributed by atoms with van der Waals surface area (Å²) in [5.41, 5.74) is 1.09. The van der Waals surface area contributed by atoms with Gasteiger partial charge in [0.15, 0.2) is 0 Å². The molecule has 1 aliphatic rings. The molecule has 0 fully saturated rings. The van der Waals surface area contributed by atoms with Crippen LogP contribution < -0.4 is 0 Å². The average molecular weight is 331 g/mol. The lowest BCUT2D eigenvalue weighted by Crippen LogP contribution is -2.30. The van der Waals surface area contributed by atoms with Gasteiger partial charge in [-0.05, 0) is 25.0 Å². The summed E-state index contributed by atoms with van der Waals surface area (Å²) in [5.74, 6) is -0.281. The van der Waals surface area contributed by atoms with Crippen molar-refractivity contribution in [1.29, 1.82) is 0 Å². The number of carbonyl (C=O) groups is 2. The fraction of sp³-hybridized carbons (Fsp3) is 0.600. The van der Waals surface area contributed by atoms with Crippen LogP contribution in [0.2, 0.25) is 0 Å². The van der Waals surface area contributed by atoms with Gasteiger partial charge in [-0.2, -0.15) is 0 Å². The number of imide groups is 1. The van der Waals surface area contributed by atoms with Crippen molar-refractivity contribution in [3.8, 4) is 0 Å². The first-order chi connectivity index (χ1) is 11.8. The van der Waals surface area contributed by atoms with E-state index in [4.69, 9.17) is 5.11 Å². The van der Waals surface area contributed by atoms with Gasteiger partial charge in [0.2, 0.25) is 0 Å². The normalized spacial score (nSPS) is 13.6. The summed E-state index contributed by atoms with van der Waals surface area (Å²) >= 11 is 0. The van der Waals surface area contributed by atoms with Crippen LogP contribution in [0.3, 0.4) is 0 Å². The zero-order chi connectivity index (χ0) is 17.2. The van der Waals surface area contributed by atoms with Gasteiger partial charge in [0.05, 0.1) is 11.1 Å². The molecule has 4 heteroatoms. The largest absolute Gasteiger partial charge is 0.396 e. The Labute approximate surface area is 144 Å². The molecule has 0 saturated carbocycles. The fourth-order valence-electron chi connectivity index (χ4n) is 3.24. The van der Waals surface area contributed by atoms with E-state index in [1.807, 2.05) is 0 Å². The Bertz CT molecular complexity index is 506. The highest BCUT2D eigenvalue weighted by atomic mass is 16.3. The van der Waals surface area contributed by atoms with E-state index >= 15 is 0 Å². The van der Waals surface area contributed by atoms with Gasteiger partial charge in [0.1, 0.15) is 0 Å². The SMILES string of the molecule is O=C1c2ccccc2C(=O)N1CCCCCCCCCCCCO. The van der Waals surface area contributed by atoms with Crippen LogP contribution in [-0.2, 0) is 0 Å². The van der Waals surface area contributed by atoms with E-state index in [9.17, 15) is 9.59 Å². The number of carbonyl (C=O) groups excluding carboxylic acids is 2. The van der Waals surface area contributed by atoms with Crippen LogP contribution in [0.4, 0.5) is 0 Å². The molecule has 0 unspecified atom stereocenters. The molecule has 0 radical (unpaired) electrons. The molecule has 1 heterocycles. The Morgan fingerprint density at radius 3 is 1.54 bits per heavy atom. The molecule has 0 aromatic heterocycles. The molecule has 1 aromatic carbocycles. The van der Waals surface area contributed by atoms with Crippen LogP contribution in [0.1, 0.15) is 84.9 Å². The summed E-state index contributed by atoms with van der Waals surface area (Å²) < 4.78 is 0. The third kappa shape index (κ3) is 5.17. The number of fused-ring (bicyclic) bond motifs is 1. The molecular weight excluding hydrogens is 302 g/mol. The molecule has 0 atom stereocenters. The maximum absolute atomic E-state index is 12.2. The number of aliphatic hydroxyl groups is 1. The van der Waals surface area contributed by atoms with Crippen LogP contribution >= 0.6 is 0 Å². The minimum absolute atomic E-state index is 0.140. The van der Waals surface area contributed by atoms with Crippen LogP contribution in [0.5, 0.6) is 0 Å². The lowest BCUT2D eigenvalue weighted by molar-refractivity contribution is 0.0651. The number of rotatable bonds is 12. The van der Waals surface area contributed by atoms with Gasteiger partial charge in [-0.15, -0.1) is 0 Å². The molecule has 132 valence electrons. The van der Waals surface area contributed by atoms with Crippen molar-refractivity contribution < 1.29 is 14.7 Å². The van der Waals surface area contributed by atoms with Crippen molar-refractivity contribution in [2.75, 3.05) is 13.2 Å². The minimum Gasteiger partial charge on any atom is -0.396 e. The van der Waals surface area contributed by atoms with Crippen molar-refractivity contribution in [3.63, 3.8) is 0 Å². The molecule has 1 aromatic rings. The van der Waals surface area contributed by atoms with Crippen molar-refractivity contribution in [2.24, 2.45) is 0 Å². The first-order valence-electron chi connectivity index (χ1n) is 9.32.